The maximum atomic E-state index is 13.6. The second-order valence-electron chi connectivity index (χ2n) is 5.19. The lowest BCUT2D eigenvalue weighted by Gasteiger charge is -2.12. The van der Waals surface area contributed by atoms with Crippen molar-refractivity contribution in [3.63, 3.8) is 0 Å². The number of anilines is 1. The summed E-state index contributed by atoms with van der Waals surface area (Å²) in [5.74, 6) is -1.88. The molecule has 1 heterocycles. The molecule has 2 rings (SSSR count). The third-order valence-corrected chi connectivity index (χ3v) is 4.39. The first-order chi connectivity index (χ1) is 11.4. The molecule has 0 aliphatic heterocycles. The van der Waals surface area contributed by atoms with Gasteiger partial charge in [0.05, 0.1) is 10.9 Å². The van der Waals surface area contributed by atoms with Crippen molar-refractivity contribution in [1.29, 1.82) is 0 Å². The molecule has 0 fully saturated rings. The number of aromatic amines is 1. The van der Waals surface area contributed by atoms with Crippen molar-refractivity contribution in [2.24, 2.45) is 0 Å². The van der Waals surface area contributed by atoms with E-state index in [1.165, 1.54) is 4.57 Å². The highest BCUT2D eigenvalue weighted by molar-refractivity contribution is 8.00. The first-order valence-corrected chi connectivity index (χ1v) is 8.38. The zero-order valence-electron chi connectivity index (χ0n) is 13.3. The Morgan fingerprint density at radius 3 is 2.92 bits per heavy atom. The molecule has 6 nitrogen and oxygen atoms in total. The summed E-state index contributed by atoms with van der Waals surface area (Å²) in [4.78, 5) is 23.9. The number of H-pyrrole nitrogens is 1. The SMILES string of the molecule is CCCCn1c(SC(C)C(=O)Nc2cc(F)ccc2F)n[nH]c1=O. The van der Waals surface area contributed by atoms with Crippen LogP contribution in [0.25, 0.3) is 0 Å². The molecule has 1 amide bonds. The predicted molar refractivity (Wildman–Crippen MR) is 88.1 cm³/mol. The van der Waals surface area contributed by atoms with E-state index < -0.39 is 22.8 Å². The van der Waals surface area contributed by atoms with E-state index in [9.17, 15) is 18.4 Å². The fourth-order valence-corrected chi connectivity index (χ4v) is 2.83. The zero-order chi connectivity index (χ0) is 17.7. The molecule has 2 aromatic rings. The third-order valence-electron chi connectivity index (χ3n) is 3.30. The number of amides is 1. The van der Waals surface area contributed by atoms with E-state index in [1.54, 1.807) is 6.92 Å². The van der Waals surface area contributed by atoms with Gasteiger partial charge in [-0.15, -0.1) is 5.10 Å². The van der Waals surface area contributed by atoms with Crippen LogP contribution in [0.4, 0.5) is 14.5 Å². The number of nitrogens with zero attached hydrogens (tertiary/aromatic N) is 2. The number of nitrogens with one attached hydrogen (secondary N) is 2. The van der Waals surface area contributed by atoms with Gasteiger partial charge in [0.1, 0.15) is 11.6 Å². The summed E-state index contributed by atoms with van der Waals surface area (Å²) in [6.07, 6.45) is 1.72. The number of aromatic nitrogens is 3. The van der Waals surface area contributed by atoms with Crippen molar-refractivity contribution in [1.82, 2.24) is 14.8 Å². The van der Waals surface area contributed by atoms with Gasteiger partial charge in [-0.2, -0.15) is 0 Å². The average Bonchev–Trinajstić information content (AvgIpc) is 2.88. The molecular weight excluding hydrogens is 338 g/mol. The molecule has 0 aliphatic carbocycles. The Labute approximate surface area is 141 Å². The summed E-state index contributed by atoms with van der Waals surface area (Å²) in [5, 5.41) is 8.33. The number of unbranched alkanes of at least 4 members (excludes halogenated alkanes) is 1. The van der Waals surface area contributed by atoms with E-state index in [2.05, 4.69) is 15.5 Å². The molecule has 0 radical (unpaired) electrons. The summed E-state index contributed by atoms with van der Waals surface area (Å²) in [5.41, 5.74) is -0.562. The van der Waals surface area contributed by atoms with Crippen LogP contribution in [0, 0.1) is 11.6 Å². The molecule has 1 aromatic carbocycles. The van der Waals surface area contributed by atoms with Gasteiger partial charge in [-0.25, -0.2) is 18.7 Å². The van der Waals surface area contributed by atoms with Gasteiger partial charge in [-0.3, -0.25) is 9.36 Å². The number of hydrogen-bond donors (Lipinski definition) is 2. The molecule has 0 spiro atoms. The molecule has 24 heavy (non-hydrogen) atoms. The molecule has 0 saturated carbocycles. The van der Waals surface area contributed by atoms with Gasteiger partial charge in [0.25, 0.3) is 0 Å². The zero-order valence-corrected chi connectivity index (χ0v) is 14.1. The second kappa shape index (κ2) is 8.09. The van der Waals surface area contributed by atoms with Crippen molar-refractivity contribution in [2.45, 2.75) is 43.6 Å². The molecule has 2 N–H and O–H groups in total. The number of rotatable bonds is 7. The van der Waals surface area contributed by atoms with E-state index in [0.29, 0.717) is 11.7 Å². The Morgan fingerprint density at radius 1 is 1.46 bits per heavy atom. The number of hydrogen-bond acceptors (Lipinski definition) is 4. The van der Waals surface area contributed by atoms with Crippen LogP contribution < -0.4 is 11.0 Å². The van der Waals surface area contributed by atoms with Crippen LogP contribution in [0.1, 0.15) is 26.7 Å². The van der Waals surface area contributed by atoms with Crippen LogP contribution in [-0.2, 0) is 11.3 Å². The van der Waals surface area contributed by atoms with Gasteiger partial charge >= 0.3 is 5.69 Å². The molecular formula is C15H18F2N4O2S. The van der Waals surface area contributed by atoms with Gasteiger partial charge in [0, 0.05) is 12.6 Å². The number of carbonyl (C=O) groups excluding carboxylic acids is 1. The minimum Gasteiger partial charge on any atom is -0.323 e. The lowest BCUT2D eigenvalue weighted by atomic mass is 10.3. The third kappa shape index (κ3) is 4.44. The number of halogens is 2. The quantitative estimate of drug-likeness (QED) is 0.748. The first-order valence-electron chi connectivity index (χ1n) is 7.50. The van der Waals surface area contributed by atoms with Crippen LogP contribution >= 0.6 is 11.8 Å². The highest BCUT2D eigenvalue weighted by Crippen LogP contribution is 2.22. The summed E-state index contributed by atoms with van der Waals surface area (Å²) >= 11 is 1.07. The predicted octanol–water partition coefficient (Wildman–Crippen LogP) is 2.77. The molecule has 130 valence electrons. The van der Waals surface area contributed by atoms with E-state index >= 15 is 0 Å². The topological polar surface area (TPSA) is 79.8 Å². The van der Waals surface area contributed by atoms with Crippen molar-refractivity contribution in [3.05, 3.63) is 40.3 Å². The molecule has 9 heteroatoms. The molecule has 1 atom stereocenters. The standard InChI is InChI=1S/C15H18F2N4O2S/c1-3-4-7-21-14(23)19-20-15(21)24-9(2)13(22)18-12-8-10(16)5-6-11(12)17/h5-6,8-9H,3-4,7H2,1-2H3,(H,18,22)(H,19,23). The smallest absolute Gasteiger partial charge is 0.323 e. The van der Waals surface area contributed by atoms with Gasteiger partial charge in [-0.1, -0.05) is 25.1 Å². The molecule has 0 bridgehead atoms. The number of benzene rings is 1. The van der Waals surface area contributed by atoms with E-state index in [-0.39, 0.29) is 11.4 Å². The van der Waals surface area contributed by atoms with Crippen molar-refractivity contribution in [3.8, 4) is 0 Å². The fraction of sp³-hybridized carbons (Fsp3) is 0.400. The van der Waals surface area contributed by atoms with Gasteiger partial charge in [-0.05, 0) is 25.5 Å². The summed E-state index contributed by atoms with van der Waals surface area (Å²) in [6.45, 7) is 4.10. The minimum absolute atomic E-state index is 0.224. The van der Waals surface area contributed by atoms with E-state index in [4.69, 9.17) is 0 Å². The molecule has 1 unspecified atom stereocenters. The summed E-state index contributed by atoms with van der Waals surface area (Å²) in [6, 6.07) is 2.83. The summed E-state index contributed by atoms with van der Waals surface area (Å²) in [7, 11) is 0. The Bertz CT molecular complexity index is 775. The van der Waals surface area contributed by atoms with E-state index in [1.807, 2.05) is 6.92 Å². The van der Waals surface area contributed by atoms with Gasteiger partial charge < -0.3 is 5.32 Å². The largest absolute Gasteiger partial charge is 0.343 e. The summed E-state index contributed by atoms with van der Waals surface area (Å²) < 4.78 is 28.2. The monoisotopic (exact) mass is 356 g/mol. The average molecular weight is 356 g/mol. The van der Waals surface area contributed by atoms with Crippen LogP contribution in [0.2, 0.25) is 0 Å². The molecule has 0 saturated heterocycles. The lowest BCUT2D eigenvalue weighted by molar-refractivity contribution is -0.115. The van der Waals surface area contributed by atoms with Crippen LogP contribution in [0.3, 0.4) is 0 Å². The number of carbonyl (C=O) groups is 1. The normalized spacial score (nSPS) is 12.2. The first kappa shape index (κ1) is 18.2. The molecule has 1 aromatic heterocycles. The Balaban J connectivity index is 2.07. The van der Waals surface area contributed by atoms with Gasteiger partial charge in [0.2, 0.25) is 5.91 Å². The Kier molecular flexibility index (Phi) is 6.13. The Morgan fingerprint density at radius 2 is 2.21 bits per heavy atom. The van der Waals surface area contributed by atoms with Crippen LogP contribution in [0.15, 0.2) is 28.2 Å². The van der Waals surface area contributed by atoms with Crippen LogP contribution in [-0.4, -0.2) is 25.9 Å². The highest BCUT2D eigenvalue weighted by atomic mass is 32.2. The van der Waals surface area contributed by atoms with Gasteiger partial charge in [0.15, 0.2) is 5.16 Å². The highest BCUT2D eigenvalue weighted by Gasteiger charge is 2.20. The van der Waals surface area contributed by atoms with Crippen molar-refractivity contribution < 1.29 is 13.6 Å². The molecule has 0 aliphatic rings. The Hall–Kier alpha value is -2.16. The van der Waals surface area contributed by atoms with Crippen LogP contribution in [0.5, 0.6) is 0 Å². The van der Waals surface area contributed by atoms with E-state index in [0.717, 1.165) is 42.8 Å². The maximum absolute atomic E-state index is 13.6. The fourth-order valence-electron chi connectivity index (χ4n) is 1.95. The lowest BCUT2D eigenvalue weighted by Crippen LogP contribution is -2.24. The maximum Gasteiger partial charge on any atom is 0.343 e. The second-order valence-corrected chi connectivity index (χ2v) is 6.50. The minimum atomic E-state index is -0.721. The number of thioether (sulfide) groups is 1. The van der Waals surface area contributed by atoms with Crippen molar-refractivity contribution in [2.75, 3.05) is 5.32 Å². The van der Waals surface area contributed by atoms with Crippen molar-refractivity contribution >= 4 is 23.4 Å².